The molecule has 1 aromatic heterocycles. The number of guanidine groups is 1. The maximum Gasteiger partial charge on any atom is 0.255 e. The van der Waals surface area contributed by atoms with E-state index in [2.05, 4.69) is 36.8 Å². The smallest absolute Gasteiger partial charge is 0.255 e. The fourth-order valence-electron chi connectivity index (χ4n) is 3.57. The van der Waals surface area contributed by atoms with Crippen LogP contribution in [0.25, 0.3) is 10.9 Å². The summed E-state index contributed by atoms with van der Waals surface area (Å²) in [7, 11) is 4.02. The Morgan fingerprint density at radius 1 is 0.861 bits per heavy atom. The molecule has 4 rings (SSSR count). The molecule has 3 aromatic carbocycles. The van der Waals surface area contributed by atoms with E-state index in [1.54, 1.807) is 37.4 Å². The van der Waals surface area contributed by atoms with Gasteiger partial charge in [-0.05, 0) is 73.2 Å². The summed E-state index contributed by atoms with van der Waals surface area (Å²) in [6.07, 6.45) is 1.79. The van der Waals surface area contributed by atoms with Crippen LogP contribution in [0.3, 0.4) is 0 Å². The van der Waals surface area contributed by atoms with Gasteiger partial charge in [0.05, 0.1) is 11.2 Å². The van der Waals surface area contributed by atoms with E-state index in [1.807, 2.05) is 56.6 Å². The Morgan fingerprint density at radius 2 is 1.53 bits per heavy atom. The highest BCUT2D eigenvalue weighted by Crippen LogP contribution is 2.29. The molecule has 0 fully saturated rings. The molecule has 0 spiro atoms. The average Bonchev–Trinajstić information content (AvgIpc) is 2.88. The largest absolute Gasteiger partial charge is 0.378 e. The Kier molecular flexibility index (Phi) is 7.10. The van der Waals surface area contributed by atoms with Gasteiger partial charge in [0, 0.05) is 54.0 Å². The molecule has 0 saturated heterocycles. The molecule has 4 aromatic rings. The summed E-state index contributed by atoms with van der Waals surface area (Å²) in [5, 5.41) is 15.0. The van der Waals surface area contributed by atoms with Gasteiger partial charge in [-0.15, -0.1) is 5.10 Å². The predicted octanol–water partition coefficient (Wildman–Crippen LogP) is 4.29. The maximum absolute atomic E-state index is 12.7. The summed E-state index contributed by atoms with van der Waals surface area (Å²) in [6.45, 7) is 1.78. The van der Waals surface area contributed by atoms with E-state index in [0.717, 1.165) is 33.5 Å². The summed E-state index contributed by atoms with van der Waals surface area (Å²) in [4.78, 5) is 19.2. The van der Waals surface area contributed by atoms with Gasteiger partial charge in [0.15, 0.2) is 0 Å². The molecule has 0 aliphatic heterocycles. The predicted molar refractivity (Wildman–Crippen MR) is 148 cm³/mol. The molecule has 0 aliphatic rings. The second kappa shape index (κ2) is 10.6. The van der Waals surface area contributed by atoms with Gasteiger partial charge in [-0.1, -0.05) is 12.1 Å². The zero-order chi connectivity index (χ0) is 25.7. The Morgan fingerprint density at radius 3 is 2.19 bits per heavy atom. The standard InChI is InChI=1S/C27H28N8O/c1-17(33-34-27(28)29)18-4-6-19(7-5-18)26(36)32-21-10-8-20(9-11-21)31-25-14-15-30-24-13-12-22(35(2)3)16-23(24)25/h4-16H,1-3H3,(H,30,31)(H,32,36)(H4,28,29,34)/b33-17+. The molecule has 0 saturated carbocycles. The first-order chi connectivity index (χ1) is 17.3. The number of carbonyl (C=O) groups is 1. The van der Waals surface area contributed by atoms with Gasteiger partial charge in [0.25, 0.3) is 5.91 Å². The van der Waals surface area contributed by atoms with Crippen LogP contribution in [0.4, 0.5) is 22.7 Å². The quantitative estimate of drug-likeness (QED) is 0.177. The maximum atomic E-state index is 12.7. The molecular weight excluding hydrogens is 452 g/mol. The number of aromatic nitrogens is 1. The first-order valence-electron chi connectivity index (χ1n) is 11.3. The minimum atomic E-state index is -0.211. The number of hydrogen-bond donors (Lipinski definition) is 4. The summed E-state index contributed by atoms with van der Waals surface area (Å²) >= 11 is 0. The lowest BCUT2D eigenvalue weighted by atomic mass is 10.1. The number of hydrogen-bond acceptors (Lipinski definition) is 6. The molecule has 9 nitrogen and oxygen atoms in total. The first kappa shape index (κ1) is 24.2. The highest BCUT2D eigenvalue weighted by Gasteiger charge is 2.08. The van der Waals surface area contributed by atoms with Crippen molar-refractivity contribution >= 4 is 51.2 Å². The van der Waals surface area contributed by atoms with Crippen molar-refractivity contribution < 1.29 is 4.79 Å². The molecule has 0 bridgehead atoms. The molecule has 0 unspecified atom stereocenters. The Labute approximate surface area is 209 Å². The van der Waals surface area contributed by atoms with Gasteiger partial charge < -0.3 is 27.0 Å². The normalized spacial score (nSPS) is 11.1. The third-order valence-electron chi connectivity index (χ3n) is 5.54. The molecule has 0 radical (unpaired) electrons. The Hall–Kier alpha value is -4.92. The molecule has 182 valence electrons. The molecule has 1 heterocycles. The van der Waals surface area contributed by atoms with Gasteiger partial charge in [-0.3, -0.25) is 9.78 Å². The van der Waals surface area contributed by atoms with E-state index in [4.69, 9.17) is 11.5 Å². The van der Waals surface area contributed by atoms with Crippen molar-refractivity contribution in [3.63, 3.8) is 0 Å². The van der Waals surface area contributed by atoms with Crippen molar-refractivity contribution in [1.29, 1.82) is 0 Å². The van der Waals surface area contributed by atoms with Gasteiger partial charge >= 0.3 is 0 Å². The number of anilines is 4. The highest BCUT2D eigenvalue weighted by atomic mass is 16.1. The summed E-state index contributed by atoms with van der Waals surface area (Å²) in [5.74, 6) is -0.323. The highest BCUT2D eigenvalue weighted by molar-refractivity contribution is 6.05. The van der Waals surface area contributed by atoms with Crippen LogP contribution in [0, 0.1) is 0 Å². The van der Waals surface area contributed by atoms with Crippen LogP contribution < -0.4 is 27.0 Å². The number of pyridine rings is 1. The third-order valence-corrected chi connectivity index (χ3v) is 5.54. The van der Waals surface area contributed by atoms with Crippen molar-refractivity contribution in [2.45, 2.75) is 6.92 Å². The van der Waals surface area contributed by atoms with Crippen LogP contribution in [-0.4, -0.2) is 36.7 Å². The number of carbonyl (C=O) groups excluding carboxylic acids is 1. The Balaban J connectivity index is 1.44. The number of nitrogens with two attached hydrogens (primary N) is 2. The molecule has 6 N–H and O–H groups in total. The number of nitrogens with one attached hydrogen (secondary N) is 2. The van der Waals surface area contributed by atoms with Crippen molar-refractivity contribution in [3.05, 3.63) is 90.1 Å². The first-order valence-corrected chi connectivity index (χ1v) is 11.3. The van der Waals surface area contributed by atoms with E-state index in [-0.39, 0.29) is 11.9 Å². The monoisotopic (exact) mass is 480 g/mol. The van der Waals surface area contributed by atoms with Crippen LogP contribution in [0.2, 0.25) is 0 Å². The number of amides is 1. The van der Waals surface area contributed by atoms with Crippen molar-refractivity contribution in [1.82, 2.24) is 4.98 Å². The van der Waals surface area contributed by atoms with Gasteiger partial charge in [0.1, 0.15) is 0 Å². The van der Waals surface area contributed by atoms with E-state index in [9.17, 15) is 4.79 Å². The minimum Gasteiger partial charge on any atom is -0.378 e. The lowest BCUT2D eigenvalue weighted by molar-refractivity contribution is 0.102. The lowest BCUT2D eigenvalue weighted by Crippen LogP contribution is -2.22. The lowest BCUT2D eigenvalue weighted by Gasteiger charge is -2.15. The van der Waals surface area contributed by atoms with Gasteiger partial charge in [-0.25, -0.2) is 0 Å². The second-order valence-corrected chi connectivity index (χ2v) is 8.40. The number of benzene rings is 3. The van der Waals surface area contributed by atoms with Crippen molar-refractivity contribution in [2.75, 3.05) is 29.6 Å². The molecular formula is C27H28N8O. The average molecular weight is 481 g/mol. The van der Waals surface area contributed by atoms with Crippen LogP contribution in [0.15, 0.2) is 89.2 Å². The van der Waals surface area contributed by atoms with E-state index in [1.165, 1.54) is 0 Å². The third kappa shape index (κ3) is 5.76. The van der Waals surface area contributed by atoms with Crippen molar-refractivity contribution in [3.8, 4) is 0 Å². The molecule has 1 amide bonds. The fourth-order valence-corrected chi connectivity index (χ4v) is 3.57. The molecule has 36 heavy (non-hydrogen) atoms. The number of fused-ring (bicyclic) bond motifs is 1. The zero-order valence-corrected chi connectivity index (χ0v) is 20.4. The number of rotatable bonds is 7. The van der Waals surface area contributed by atoms with Gasteiger partial charge in [0.2, 0.25) is 5.96 Å². The zero-order valence-electron chi connectivity index (χ0n) is 20.4. The summed E-state index contributed by atoms with van der Waals surface area (Å²) in [5.41, 5.74) is 17.1. The summed E-state index contributed by atoms with van der Waals surface area (Å²) in [6, 6.07) is 22.7. The molecule has 0 aliphatic carbocycles. The van der Waals surface area contributed by atoms with Crippen LogP contribution in [-0.2, 0) is 0 Å². The van der Waals surface area contributed by atoms with Crippen LogP contribution in [0.5, 0.6) is 0 Å². The topological polar surface area (TPSA) is 134 Å². The number of nitrogens with zero attached hydrogens (tertiary/aromatic N) is 4. The van der Waals surface area contributed by atoms with E-state index in [0.29, 0.717) is 17.0 Å². The molecule has 0 atom stereocenters. The van der Waals surface area contributed by atoms with Crippen LogP contribution in [0.1, 0.15) is 22.8 Å². The van der Waals surface area contributed by atoms with Crippen molar-refractivity contribution in [2.24, 2.45) is 21.7 Å². The fraction of sp³-hybridized carbons (Fsp3) is 0.111. The van der Waals surface area contributed by atoms with E-state index >= 15 is 0 Å². The second-order valence-electron chi connectivity index (χ2n) is 8.40. The summed E-state index contributed by atoms with van der Waals surface area (Å²) < 4.78 is 0. The Bertz CT molecular complexity index is 1440. The SMILES string of the molecule is C/C(=N\N=C(N)N)c1ccc(C(=O)Nc2ccc(Nc3ccnc4ccc(N(C)C)cc34)cc2)cc1. The minimum absolute atomic E-state index is 0.112. The van der Waals surface area contributed by atoms with E-state index < -0.39 is 0 Å². The van der Waals surface area contributed by atoms with Gasteiger partial charge in [-0.2, -0.15) is 5.10 Å². The molecule has 9 heteroatoms. The van der Waals surface area contributed by atoms with Crippen LogP contribution >= 0.6 is 0 Å².